The number of ketones is 1. The summed E-state index contributed by atoms with van der Waals surface area (Å²) in [7, 11) is 2.88. The fourth-order valence-corrected chi connectivity index (χ4v) is 4.86. The number of aliphatic hydroxyl groups excluding tert-OH is 1. The van der Waals surface area contributed by atoms with Crippen molar-refractivity contribution in [2.24, 2.45) is 5.92 Å². The van der Waals surface area contributed by atoms with E-state index < -0.39 is 12.0 Å². The van der Waals surface area contributed by atoms with Crippen LogP contribution in [0.4, 0.5) is 0 Å². The van der Waals surface area contributed by atoms with Crippen LogP contribution in [-0.4, -0.2) is 46.5 Å². The van der Waals surface area contributed by atoms with Crippen molar-refractivity contribution in [3.63, 3.8) is 0 Å². The highest BCUT2D eigenvalue weighted by Crippen LogP contribution is 2.38. The summed E-state index contributed by atoms with van der Waals surface area (Å²) in [6, 6.07) is 17.8. The van der Waals surface area contributed by atoms with Crippen molar-refractivity contribution < 1.29 is 34.7 Å². The summed E-state index contributed by atoms with van der Waals surface area (Å²) in [6.07, 6.45) is 1.15. The number of aliphatic hydroxyl groups is 1. The maximum absolute atomic E-state index is 13.6. The molecule has 3 rings (SSSR count). The lowest BCUT2D eigenvalue weighted by Crippen LogP contribution is -2.34. The summed E-state index contributed by atoms with van der Waals surface area (Å²) < 4.78 is 10.3. The molecule has 0 amide bonds. The number of benzene rings is 3. The van der Waals surface area contributed by atoms with Crippen LogP contribution in [0.5, 0.6) is 28.7 Å². The number of aryl methyl sites for hydroxylation is 2. The number of ether oxygens (including phenoxy) is 2. The summed E-state index contributed by atoms with van der Waals surface area (Å²) in [4.78, 5) is 13.6. The quantitative estimate of drug-likeness (QED) is 0.237. The van der Waals surface area contributed by atoms with E-state index >= 15 is 0 Å². The number of Topliss-reactive ketones (excluding diaryl/α,β-unsaturated/α-hetero) is 1. The number of methoxy groups -OCH3 is 2. The Morgan fingerprint density at radius 3 is 2.16 bits per heavy atom. The topological polar surface area (TPSA) is 116 Å². The summed E-state index contributed by atoms with van der Waals surface area (Å²) >= 11 is 0. The Bertz CT molecular complexity index is 1180. The van der Waals surface area contributed by atoms with Crippen LogP contribution in [0.1, 0.15) is 48.8 Å². The number of carbonyl (C=O) groups excluding carboxylic acids is 1. The SMILES string of the molecule is CC[C@@H](c1ccccc1)[C@H](C(=O)CCc1cc(O)c(O)c(OC)c1)[C@H](O)CCc1ccc(O)c(OC)c1. The van der Waals surface area contributed by atoms with E-state index in [2.05, 4.69) is 0 Å². The van der Waals surface area contributed by atoms with Gasteiger partial charge in [-0.25, -0.2) is 0 Å². The molecule has 0 aromatic heterocycles. The number of hydrogen-bond donors (Lipinski definition) is 4. The van der Waals surface area contributed by atoms with Gasteiger partial charge >= 0.3 is 0 Å². The van der Waals surface area contributed by atoms with Gasteiger partial charge in [0.1, 0.15) is 5.78 Å². The summed E-state index contributed by atoms with van der Waals surface area (Å²) in [5.74, 6) is -0.961. The van der Waals surface area contributed by atoms with E-state index in [0.717, 1.165) is 11.1 Å². The molecule has 0 saturated heterocycles. The molecule has 3 aromatic rings. The fourth-order valence-electron chi connectivity index (χ4n) is 4.86. The molecule has 0 bridgehead atoms. The van der Waals surface area contributed by atoms with E-state index in [-0.39, 0.29) is 41.1 Å². The first-order valence-corrected chi connectivity index (χ1v) is 12.5. The molecular weight excluding hydrogens is 472 g/mol. The minimum absolute atomic E-state index is 0.0480. The van der Waals surface area contributed by atoms with Crippen molar-refractivity contribution in [1.29, 1.82) is 0 Å². The van der Waals surface area contributed by atoms with E-state index in [4.69, 9.17) is 9.47 Å². The van der Waals surface area contributed by atoms with Crippen LogP contribution in [-0.2, 0) is 17.6 Å². The van der Waals surface area contributed by atoms with Crippen molar-refractivity contribution >= 4 is 5.78 Å². The first-order valence-electron chi connectivity index (χ1n) is 12.5. The average molecular weight is 509 g/mol. The number of hydrogen-bond acceptors (Lipinski definition) is 7. The highest BCUT2D eigenvalue weighted by molar-refractivity contribution is 5.83. The van der Waals surface area contributed by atoms with Crippen molar-refractivity contribution in [3.05, 3.63) is 77.4 Å². The van der Waals surface area contributed by atoms with Gasteiger partial charge in [-0.05, 0) is 72.6 Å². The molecule has 0 heterocycles. The van der Waals surface area contributed by atoms with Crippen LogP contribution >= 0.6 is 0 Å². The minimum atomic E-state index is -0.889. The molecule has 3 atom stereocenters. The molecule has 37 heavy (non-hydrogen) atoms. The second-order valence-electron chi connectivity index (χ2n) is 9.20. The van der Waals surface area contributed by atoms with Crippen LogP contribution < -0.4 is 9.47 Å². The molecule has 0 saturated carbocycles. The number of carbonyl (C=O) groups is 1. The average Bonchev–Trinajstić information content (AvgIpc) is 2.91. The molecular formula is C30H36O7. The molecule has 7 nitrogen and oxygen atoms in total. The largest absolute Gasteiger partial charge is 0.504 e. The molecule has 0 unspecified atom stereocenters. The van der Waals surface area contributed by atoms with Crippen molar-refractivity contribution in [3.8, 4) is 28.7 Å². The van der Waals surface area contributed by atoms with Crippen LogP contribution in [0.15, 0.2) is 60.7 Å². The van der Waals surface area contributed by atoms with E-state index in [1.165, 1.54) is 20.3 Å². The zero-order chi connectivity index (χ0) is 26.9. The Balaban J connectivity index is 1.82. The molecule has 4 N–H and O–H groups in total. The van der Waals surface area contributed by atoms with Crippen LogP contribution in [0.3, 0.4) is 0 Å². The molecule has 7 heteroatoms. The Morgan fingerprint density at radius 2 is 1.51 bits per heavy atom. The summed E-state index contributed by atoms with van der Waals surface area (Å²) in [5, 5.41) is 41.1. The third-order valence-electron chi connectivity index (χ3n) is 6.85. The molecule has 0 aliphatic rings. The Morgan fingerprint density at radius 1 is 0.838 bits per heavy atom. The second-order valence-corrected chi connectivity index (χ2v) is 9.20. The Hall–Kier alpha value is -3.71. The molecule has 0 spiro atoms. The normalized spacial score (nSPS) is 13.5. The molecule has 0 radical (unpaired) electrons. The highest BCUT2D eigenvalue weighted by atomic mass is 16.5. The summed E-state index contributed by atoms with van der Waals surface area (Å²) in [6.45, 7) is 2.01. The third kappa shape index (κ3) is 6.95. The van der Waals surface area contributed by atoms with Crippen LogP contribution in [0, 0.1) is 5.92 Å². The molecule has 0 fully saturated rings. The van der Waals surface area contributed by atoms with Gasteiger partial charge in [-0.3, -0.25) is 4.79 Å². The number of rotatable bonds is 13. The zero-order valence-corrected chi connectivity index (χ0v) is 21.6. The van der Waals surface area contributed by atoms with Gasteiger partial charge < -0.3 is 29.9 Å². The third-order valence-corrected chi connectivity index (χ3v) is 6.85. The highest BCUT2D eigenvalue weighted by Gasteiger charge is 2.34. The maximum atomic E-state index is 13.6. The fraction of sp³-hybridized carbons (Fsp3) is 0.367. The van der Waals surface area contributed by atoms with E-state index in [1.807, 2.05) is 37.3 Å². The maximum Gasteiger partial charge on any atom is 0.200 e. The Labute approximate surface area is 217 Å². The van der Waals surface area contributed by atoms with E-state index in [0.29, 0.717) is 37.0 Å². The lowest BCUT2D eigenvalue weighted by Gasteiger charge is -2.30. The van der Waals surface area contributed by atoms with Gasteiger partial charge in [0.25, 0.3) is 0 Å². The predicted octanol–water partition coefficient (Wildman–Crippen LogP) is 5.13. The van der Waals surface area contributed by atoms with Crippen molar-refractivity contribution in [2.45, 2.75) is 51.0 Å². The lowest BCUT2D eigenvalue weighted by molar-refractivity contribution is -0.127. The minimum Gasteiger partial charge on any atom is -0.504 e. The smallest absolute Gasteiger partial charge is 0.200 e. The first kappa shape index (κ1) is 27.9. The molecule has 0 aliphatic heterocycles. The molecule has 3 aromatic carbocycles. The van der Waals surface area contributed by atoms with Crippen LogP contribution in [0.2, 0.25) is 0 Å². The van der Waals surface area contributed by atoms with Gasteiger partial charge in [0.15, 0.2) is 23.0 Å². The standard InChI is InChI=1S/C30H36O7/c1-4-22(21-8-6-5-7-9-21)29(24(32)14-11-19-10-13-23(31)27(17-19)36-2)25(33)15-12-20-16-26(34)30(35)28(18-20)37-3/h5-10,13,16-18,22,24,29,31-32,34-35H,4,11-12,14-15H2,1-3H3/t22-,24+,29-/m0/s1. The van der Waals surface area contributed by atoms with E-state index in [9.17, 15) is 25.2 Å². The number of phenolic OH excluding ortho intramolecular Hbond substituents is 3. The van der Waals surface area contributed by atoms with Gasteiger partial charge in [-0.2, -0.15) is 0 Å². The molecule has 198 valence electrons. The van der Waals surface area contributed by atoms with Crippen LogP contribution in [0.25, 0.3) is 0 Å². The predicted molar refractivity (Wildman–Crippen MR) is 142 cm³/mol. The van der Waals surface area contributed by atoms with E-state index in [1.54, 1.807) is 24.3 Å². The number of aromatic hydroxyl groups is 3. The lowest BCUT2D eigenvalue weighted by atomic mass is 9.75. The zero-order valence-electron chi connectivity index (χ0n) is 21.6. The van der Waals surface area contributed by atoms with Gasteiger partial charge in [0.05, 0.1) is 26.2 Å². The molecule has 0 aliphatic carbocycles. The Kier molecular flexibility index (Phi) is 9.80. The summed E-state index contributed by atoms with van der Waals surface area (Å²) in [5.41, 5.74) is 2.54. The van der Waals surface area contributed by atoms with Crippen molar-refractivity contribution in [1.82, 2.24) is 0 Å². The monoisotopic (exact) mass is 508 g/mol. The van der Waals surface area contributed by atoms with Gasteiger partial charge in [-0.15, -0.1) is 0 Å². The van der Waals surface area contributed by atoms with Gasteiger partial charge in [0.2, 0.25) is 5.75 Å². The van der Waals surface area contributed by atoms with Gasteiger partial charge in [-0.1, -0.05) is 43.3 Å². The second kappa shape index (κ2) is 13.0. The van der Waals surface area contributed by atoms with Gasteiger partial charge in [0, 0.05) is 6.42 Å². The number of phenols is 3. The first-order chi connectivity index (χ1) is 17.8. The van der Waals surface area contributed by atoms with Crippen molar-refractivity contribution in [2.75, 3.05) is 14.2 Å².